The van der Waals surface area contributed by atoms with E-state index in [4.69, 9.17) is 20.4 Å². The van der Waals surface area contributed by atoms with Crippen LogP contribution < -0.4 is 11.1 Å². The smallest absolute Gasteiger partial charge is 0.255 e. The summed E-state index contributed by atoms with van der Waals surface area (Å²) in [5.74, 6) is -0.845. The van der Waals surface area contributed by atoms with Crippen molar-refractivity contribution >= 4 is 5.91 Å². The molecule has 0 saturated heterocycles. The van der Waals surface area contributed by atoms with Crippen molar-refractivity contribution in [3.8, 4) is 11.5 Å². The molecule has 0 bridgehead atoms. The quantitative estimate of drug-likeness (QED) is 0.245. The SMILES string of the molecule is NC(O)O.O=C(NCCO)c1cc(O)ccc1O. The van der Waals surface area contributed by atoms with Crippen molar-refractivity contribution in [1.29, 1.82) is 0 Å². The lowest BCUT2D eigenvalue weighted by molar-refractivity contribution is -0.0333. The molecule has 8 N–H and O–H groups in total. The van der Waals surface area contributed by atoms with Gasteiger partial charge in [0.05, 0.1) is 12.2 Å². The summed E-state index contributed by atoms with van der Waals surface area (Å²) in [5, 5.41) is 43.9. The van der Waals surface area contributed by atoms with Crippen molar-refractivity contribution in [2.45, 2.75) is 6.41 Å². The summed E-state index contributed by atoms with van der Waals surface area (Å²) in [6, 6.07) is 3.66. The molecular formula is C10H16N2O6. The fourth-order valence-electron chi connectivity index (χ4n) is 0.971. The highest BCUT2D eigenvalue weighted by atomic mass is 16.5. The van der Waals surface area contributed by atoms with E-state index in [2.05, 4.69) is 11.1 Å². The molecule has 0 fully saturated rings. The molecule has 0 radical (unpaired) electrons. The van der Waals surface area contributed by atoms with Crippen LogP contribution in [0.4, 0.5) is 0 Å². The number of hydrogen-bond acceptors (Lipinski definition) is 7. The molecule has 0 spiro atoms. The number of aliphatic hydroxyl groups is 3. The van der Waals surface area contributed by atoms with Gasteiger partial charge in [0, 0.05) is 6.54 Å². The van der Waals surface area contributed by atoms with Gasteiger partial charge in [0.1, 0.15) is 11.5 Å². The van der Waals surface area contributed by atoms with Gasteiger partial charge in [-0.3, -0.25) is 10.5 Å². The molecule has 0 aliphatic heterocycles. The number of nitrogens with two attached hydrogens (primary N) is 1. The third kappa shape index (κ3) is 6.66. The largest absolute Gasteiger partial charge is 0.508 e. The number of amides is 1. The molecule has 0 saturated carbocycles. The third-order valence-corrected chi connectivity index (χ3v) is 1.62. The molecule has 0 atom stereocenters. The Morgan fingerprint density at radius 2 is 1.89 bits per heavy atom. The molecular weight excluding hydrogens is 244 g/mol. The van der Waals surface area contributed by atoms with E-state index in [1.165, 1.54) is 12.1 Å². The van der Waals surface area contributed by atoms with Gasteiger partial charge in [-0.2, -0.15) is 0 Å². The summed E-state index contributed by atoms with van der Waals surface area (Å²) in [7, 11) is 0. The van der Waals surface area contributed by atoms with E-state index in [-0.39, 0.29) is 30.2 Å². The van der Waals surface area contributed by atoms with Crippen LogP contribution in [0.25, 0.3) is 0 Å². The number of phenolic OH excluding ortho intramolecular Hbond substituents is 2. The van der Waals surface area contributed by atoms with E-state index in [9.17, 15) is 9.90 Å². The fraction of sp³-hybridized carbons (Fsp3) is 0.300. The molecule has 0 aliphatic carbocycles. The number of carbonyl (C=O) groups is 1. The molecule has 18 heavy (non-hydrogen) atoms. The van der Waals surface area contributed by atoms with Crippen LogP contribution in [0.1, 0.15) is 10.4 Å². The number of phenols is 2. The molecule has 1 aromatic carbocycles. The number of aliphatic hydroxyl groups excluding tert-OH is 2. The van der Waals surface area contributed by atoms with E-state index >= 15 is 0 Å². The highest BCUT2D eigenvalue weighted by Gasteiger charge is 2.10. The van der Waals surface area contributed by atoms with E-state index in [1.54, 1.807) is 0 Å². The summed E-state index contributed by atoms with van der Waals surface area (Å²) in [5.41, 5.74) is 4.21. The van der Waals surface area contributed by atoms with Crippen molar-refractivity contribution in [1.82, 2.24) is 5.32 Å². The van der Waals surface area contributed by atoms with Crippen LogP contribution in [-0.2, 0) is 0 Å². The van der Waals surface area contributed by atoms with E-state index < -0.39 is 12.3 Å². The monoisotopic (exact) mass is 260 g/mol. The minimum Gasteiger partial charge on any atom is -0.508 e. The maximum atomic E-state index is 11.3. The summed E-state index contributed by atoms with van der Waals surface area (Å²) in [6.07, 6.45) is -1.67. The first-order valence-electron chi connectivity index (χ1n) is 4.91. The van der Waals surface area contributed by atoms with Crippen molar-refractivity contribution in [2.75, 3.05) is 13.2 Å². The van der Waals surface area contributed by atoms with Crippen LogP contribution >= 0.6 is 0 Å². The van der Waals surface area contributed by atoms with Gasteiger partial charge < -0.3 is 30.8 Å². The second kappa shape index (κ2) is 8.25. The van der Waals surface area contributed by atoms with Crippen LogP contribution in [0.15, 0.2) is 18.2 Å². The lowest BCUT2D eigenvalue weighted by Crippen LogP contribution is -2.26. The average Bonchev–Trinajstić information content (AvgIpc) is 2.28. The molecule has 0 aliphatic rings. The first-order valence-corrected chi connectivity index (χ1v) is 4.91. The zero-order valence-corrected chi connectivity index (χ0v) is 9.45. The van der Waals surface area contributed by atoms with Gasteiger partial charge in [0.15, 0.2) is 0 Å². The molecule has 1 rings (SSSR count). The Labute approximate surface area is 103 Å². The first-order chi connectivity index (χ1) is 8.38. The van der Waals surface area contributed by atoms with Gasteiger partial charge in [-0.25, -0.2) is 0 Å². The van der Waals surface area contributed by atoms with Crippen LogP contribution in [0.5, 0.6) is 11.5 Å². The summed E-state index contributed by atoms with van der Waals surface area (Å²) in [4.78, 5) is 11.3. The maximum absolute atomic E-state index is 11.3. The van der Waals surface area contributed by atoms with Crippen molar-refractivity contribution in [2.24, 2.45) is 5.73 Å². The number of hydrogen-bond donors (Lipinski definition) is 7. The Balaban J connectivity index is 0.000000631. The van der Waals surface area contributed by atoms with Crippen LogP contribution in [0.3, 0.4) is 0 Å². The van der Waals surface area contributed by atoms with Gasteiger partial charge in [0.2, 0.25) is 6.41 Å². The van der Waals surface area contributed by atoms with E-state index in [1.807, 2.05) is 0 Å². The molecule has 8 heteroatoms. The molecule has 102 valence electrons. The number of rotatable bonds is 3. The molecule has 0 aromatic heterocycles. The average molecular weight is 260 g/mol. The molecule has 1 amide bonds. The predicted octanol–water partition coefficient (Wildman–Crippen LogP) is -1.97. The van der Waals surface area contributed by atoms with Gasteiger partial charge >= 0.3 is 0 Å². The predicted molar refractivity (Wildman–Crippen MR) is 61.6 cm³/mol. The minimum absolute atomic E-state index is 0.0153. The Morgan fingerprint density at radius 1 is 1.33 bits per heavy atom. The lowest BCUT2D eigenvalue weighted by atomic mass is 10.2. The van der Waals surface area contributed by atoms with Crippen LogP contribution in [0, 0.1) is 0 Å². The van der Waals surface area contributed by atoms with Crippen molar-refractivity contribution < 1.29 is 30.3 Å². The highest BCUT2D eigenvalue weighted by Crippen LogP contribution is 2.21. The first kappa shape index (κ1) is 16.1. The normalized spacial score (nSPS) is 9.61. The Kier molecular flexibility index (Phi) is 7.40. The number of aromatic hydroxyl groups is 2. The van der Waals surface area contributed by atoms with Crippen molar-refractivity contribution in [3.05, 3.63) is 23.8 Å². The van der Waals surface area contributed by atoms with Gasteiger partial charge in [-0.15, -0.1) is 0 Å². The summed E-state index contributed by atoms with van der Waals surface area (Å²) >= 11 is 0. The Hall–Kier alpha value is -1.87. The Morgan fingerprint density at radius 3 is 2.39 bits per heavy atom. The topological polar surface area (TPSA) is 156 Å². The minimum atomic E-state index is -1.67. The standard InChI is InChI=1S/C9H11NO4.CH5NO2/c11-4-3-10-9(14)7-5-6(12)1-2-8(7)13;2-1(3)4/h1-2,5,11-13H,3-4H2,(H,10,14);1,3-4H,2H2. The second-order valence-corrected chi connectivity index (χ2v) is 3.09. The maximum Gasteiger partial charge on any atom is 0.255 e. The number of carbonyl (C=O) groups excluding carboxylic acids is 1. The fourth-order valence-corrected chi connectivity index (χ4v) is 0.971. The van der Waals surface area contributed by atoms with E-state index in [0.717, 1.165) is 6.07 Å². The number of nitrogens with one attached hydrogen (secondary N) is 1. The van der Waals surface area contributed by atoms with Crippen LogP contribution in [-0.4, -0.2) is 51.0 Å². The van der Waals surface area contributed by atoms with Crippen molar-refractivity contribution in [3.63, 3.8) is 0 Å². The van der Waals surface area contributed by atoms with Gasteiger partial charge in [-0.1, -0.05) is 0 Å². The second-order valence-electron chi connectivity index (χ2n) is 3.09. The lowest BCUT2D eigenvalue weighted by Gasteiger charge is -2.05. The molecule has 1 aromatic rings. The molecule has 0 unspecified atom stereocenters. The number of benzene rings is 1. The highest BCUT2D eigenvalue weighted by molar-refractivity contribution is 5.97. The van der Waals surface area contributed by atoms with Crippen LogP contribution in [0.2, 0.25) is 0 Å². The zero-order chi connectivity index (χ0) is 14.1. The Bertz CT molecular complexity index is 380. The summed E-state index contributed by atoms with van der Waals surface area (Å²) in [6.45, 7) is -0.0702. The third-order valence-electron chi connectivity index (χ3n) is 1.62. The summed E-state index contributed by atoms with van der Waals surface area (Å²) < 4.78 is 0. The zero-order valence-electron chi connectivity index (χ0n) is 9.45. The van der Waals surface area contributed by atoms with E-state index in [0.29, 0.717) is 0 Å². The molecule has 8 nitrogen and oxygen atoms in total. The van der Waals surface area contributed by atoms with Gasteiger partial charge in [-0.05, 0) is 18.2 Å². The molecule has 0 heterocycles. The van der Waals surface area contributed by atoms with Gasteiger partial charge in [0.25, 0.3) is 5.91 Å².